The van der Waals surface area contributed by atoms with E-state index in [9.17, 15) is 9.90 Å². The van der Waals surface area contributed by atoms with Crippen LogP contribution in [0, 0.1) is 0 Å². The first-order valence-electron chi connectivity index (χ1n) is 9.34. The van der Waals surface area contributed by atoms with Crippen molar-refractivity contribution in [2.24, 2.45) is 0 Å². The van der Waals surface area contributed by atoms with E-state index in [2.05, 4.69) is 48.5 Å². The summed E-state index contributed by atoms with van der Waals surface area (Å²) in [7, 11) is 0. The van der Waals surface area contributed by atoms with E-state index in [1.165, 1.54) is 22.3 Å². The van der Waals surface area contributed by atoms with Crippen LogP contribution in [0.25, 0.3) is 0 Å². The predicted octanol–water partition coefficient (Wildman–Crippen LogP) is 3.29. The molecule has 0 unspecified atom stereocenters. The van der Waals surface area contributed by atoms with Crippen LogP contribution in [-0.4, -0.2) is 35.1 Å². The number of aryl methyl sites for hydroxylation is 2. The number of fused-ring (bicyclic) bond motifs is 2. The van der Waals surface area contributed by atoms with Gasteiger partial charge in [0.15, 0.2) is 0 Å². The van der Waals surface area contributed by atoms with Crippen molar-refractivity contribution in [1.29, 1.82) is 0 Å². The molecular formula is C22H25NO2. The molecule has 1 saturated heterocycles. The second kappa shape index (κ2) is 7.01. The minimum atomic E-state index is 0.00349. The molecule has 1 atom stereocenters. The molecule has 1 heterocycles. The van der Waals surface area contributed by atoms with Crippen LogP contribution in [0.15, 0.2) is 48.5 Å². The Morgan fingerprint density at radius 1 is 1.00 bits per heavy atom. The molecule has 0 aromatic heterocycles. The minimum Gasteiger partial charge on any atom is -0.394 e. The third kappa shape index (κ3) is 3.09. The summed E-state index contributed by atoms with van der Waals surface area (Å²) < 4.78 is 0. The molecule has 4 rings (SSSR count). The lowest BCUT2D eigenvalue weighted by Gasteiger charge is -2.27. The van der Waals surface area contributed by atoms with E-state index >= 15 is 0 Å². The molecule has 3 nitrogen and oxygen atoms in total. The quantitative estimate of drug-likeness (QED) is 0.935. The highest BCUT2D eigenvalue weighted by Gasteiger charge is 2.32. The molecule has 1 aliphatic carbocycles. The number of hydrogen-bond acceptors (Lipinski definition) is 2. The summed E-state index contributed by atoms with van der Waals surface area (Å²) in [4.78, 5) is 14.9. The van der Waals surface area contributed by atoms with Crippen molar-refractivity contribution in [3.05, 3.63) is 70.8 Å². The van der Waals surface area contributed by atoms with E-state index < -0.39 is 0 Å². The number of nitrogens with zero attached hydrogens (tertiary/aromatic N) is 1. The third-order valence-electron chi connectivity index (χ3n) is 5.81. The summed E-state index contributed by atoms with van der Waals surface area (Å²) >= 11 is 0. The molecule has 0 saturated carbocycles. The fraction of sp³-hybridized carbons (Fsp3) is 0.409. The van der Waals surface area contributed by atoms with Gasteiger partial charge in [0.1, 0.15) is 0 Å². The number of carbonyl (C=O) groups excluding carboxylic acids is 1. The summed E-state index contributed by atoms with van der Waals surface area (Å²) in [6.45, 7) is 0.851. The van der Waals surface area contributed by atoms with Gasteiger partial charge in [0.2, 0.25) is 5.91 Å². The molecule has 2 aromatic rings. The highest BCUT2D eigenvalue weighted by Crippen LogP contribution is 2.37. The van der Waals surface area contributed by atoms with Crippen molar-refractivity contribution in [2.45, 2.75) is 44.1 Å². The van der Waals surface area contributed by atoms with Gasteiger partial charge in [-0.1, -0.05) is 48.5 Å². The highest BCUT2D eigenvalue weighted by molar-refractivity contribution is 5.78. The summed E-state index contributed by atoms with van der Waals surface area (Å²) in [6.07, 6.45) is 4.46. The second-order valence-corrected chi connectivity index (χ2v) is 7.22. The summed E-state index contributed by atoms with van der Waals surface area (Å²) in [5.74, 6) is 0.287. The predicted molar refractivity (Wildman–Crippen MR) is 98.6 cm³/mol. The number of aliphatic hydroxyl groups excluding tert-OH is 1. The van der Waals surface area contributed by atoms with Gasteiger partial charge in [-0.05, 0) is 47.9 Å². The van der Waals surface area contributed by atoms with Gasteiger partial charge < -0.3 is 10.0 Å². The molecule has 2 aliphatic rings. The largest absolute Gasteiger partial charge is 0.394 e. The average molecular weight is 335 g/mol. The first-order chi connectivity index (χ1) is 12.3. The topological polar surface area (TPSA) is 40.5 Å². The Morgan fingerprint density at radius 2 is 1.60 bits per heavy atom. The molecular weight excluding hydrogens is 310 g/mol. The zero-order valence-electron chi connectivity index (χ0n) is 14.5. The molecule has 2 aromatic carbocycles. The Bertz CT molecular complexity index is 723. The van der Waals surface area contributed by atoms with E-state index in [0.717, 1.165) is 32.2 Å². The van der Waals surface area contributed by atoms with Crippen LogP contribution in [0.1, 0.15) is 47.4 Å². The number of carbonyl (C=O) groups is 1. The number of benzene rings is 2. The van der Waals surface area contributed by atoms with Crippen LogP contribution >= 0.6 is 0 Å². The standard InChI is InChI=1S/C22H25NO2/c24-15-18-8-5-13-23(18)22(25)14-21-19-9-3-1-6-16(19)11-12-17-7-2-4-10-20(17)21/h1-4,6-7,9-10,18,21,24H,5,8,11-15H2/t18-/m0/s1. The van der Waals surface area contributed by atoms with Crippen molar-refractivity contribution in [1.82, 2.24) is 4.90 Å². The van der Waals surface area contributed by atoms with Gasteiger partial charge in [0, 0.05) is 18.9 Å². The maximum Gasteiger partial charge on any atom is 0.223 e. The number of likely N-dealkylation sites (tertiary alicyclic amines) is 1. The lowest BCUT2D eigenvalue weighted by Crippen LogP contribution is -2.38. The molecule has 3 heteroatoms. The lowest BCUT2D eigenvalue weighted by molar-refractivity contribution is -0.132. The molecule has 0 radical (unpaired) electrons. The normalized spacial score (nSPS) is 20.0. The van der Waals surface area contributed by atoms with Gasteiger partial charge in [-0.25, -0.2) is 0 Å². The first kappa shape index (κ1) is 16.3. The molecule has 0 bridgehead atoms. The van der Waals surface area contributed by atoms with E-state index in [1.807, 2.05) is 4.90 Å². The van der Waals surface area contributed by atoms with Gasteiger partial charge in [0.05, 0.1) is 12.6 Å². The summed E-state index contributed by atoms with van der Waals surface area (Å²) in [6, 6.07) is 17.1. The fourth-order valence-corrected chi connectivity index (χ4v) is 4.51. The smallest absolute Gasteiger partial charge is 0.223 e. The maximum absolute atomic E-state index is 13.0. The Balaban J connectivity index is 1.69. The maximum atomic E-state index is 13.0. The van der Waals surface area contributed by atoms with Crippen LogP contribution in [-0.2, 0) is 17.6 Å². The van der Waals surface area contributed by atoms with Crippen molar-refractivity contribution in [3.8, 4) is 0 Å². The number of aliphatic hydroxyl groups is 1. The van der Waals surface area contributed by atoms with Gasteiger partial charge in [-0.15, -0.1) is 0 Å². The van der Waals surface area contributed by atoms with Gasteiger partial charge in [-0.2, -0.15) is 0 Å². The van der Waals surface area contributed by atoms with E-state index in [4.69, 9.17) is 0 Å². The average Bonchev–Trinajstić information content (AvgIpc) is 3.08. The Hall–Kier alpha value is -2.13. The summed E-state index contributed by atoms with van der Waals surface area (Å²) in [5, 5.41) is 9.56. The molecule has 25 heavy (non-hydrogen) atoms. The molecule has 1 fully saturated rings. The lowest BCUT2D eigenvalue weighted by atomic mass is 9.85. The molecule has 1 N–H and O–H groups in total. The molecule has 1 amide bonds. The number of hydrogen-bond donors (Lipinski definition) is 1. The van der Waals surface area contributed by atoms with Crippen molar-refractivity contribution >= 4 is 5.91 Å². The number of amides is 1. The molecule has 130 valence electrons. The highest BCUT2D eigenvalue weighted by atomic mass is 16.3. The summed E-state index contributed by atoms with van der Waals surface area (Å²) in [5.41, 5.74) is 5.30. The van der Waals surface area contributed by atoms with Crippen LogP contribution in [0.3, 0.4) is 0 Å². The van der Waals surface area contributed by atoms with Gasteiger partial charge >= 0.3 is 0 Å². The zero-order valence-corrected chi connectivity index (χ0v) is 14.5. The zero-order chi connectivity index (χ0) is 17.2. The Morgan fingerprint density at radius 3 is 2.20 bits per heavy atom. The SMILES string of the molecule is O=C(CC1c2ccccc2CCc2ccccc21)N1CCC[C@H]1CO. The Labute approximate surface area is 149 Å². The molecule has 1 aliphatic heterocycles. The molecule has 0 spiro atoms. The van der Waals surface area contributed by atoms with Crippen LogP contribution in [0.2, 0.25) is 0 Å². The van der Waals surface area contributed by atoms with Crippen LogP contribution in [0.5, 0.6) is 0 Å². The van der Waals surface area contributed by atoms with Gasteiger partial charge in [0.25, 0.3) is 0 Å². The Kier molecular flexibility index (Phi) is 4.58. The van der Waals surface area contributed by atoms with E-state index in [0.29, 0.717) is 6.42 Å². The fourth-order valence-electron chi connectivity index (χ4n) is 4.51. The first-order valence-corrected chi connectivity index (χ1v) is 9.34. The number of rotatable bonds is 3. The minimum absolute atomic E-state index is 0.00349. The van der Waals surface area contributed by atoms with Crippen LogP contribution in [0.4, 0.5) is 0 Å². The van der Waals surface area contributed by atoms with Crippen molar-refractivity contribution < 1.29 is 9.90 Å². The monoisotopic (exact) mass is 335 g/mol. The van der Waals surface area contributed by atoms with Gasteiger partial charge in [-0.3, -0.25) is 4.79 Å². The van der Waals surface area contributed by atoms with Crippen LogP contribution < -0.4 is 0 Å². The van der Waals surface area contributed by atoms with Crippen molar-refractivity contribution in [3.63, 3.8) is 0 Å². The van der Waals surface area contributed by atoms with E-state index in [1.54, 1.807) is 0 Å². The second-order valence-electron chi connectivity index (χ2n) is 7.22. The third-order valence-corrected chi connectivity index (χ3v) is 5.81. The van der Waals surface area contributed by atoms with E-state index in [-0.39, 0.29) is 24.5 Å². The van der Waals surface area contributed by atoms with Crippen molar-refractivity contribution in [2.75, 3.05) is 13.2 Å².